The van der Waals surface area contributed by atoms with Gasteiger partial charge >= 0.3 is 11.8 Å². The van der Waals surface area contributed by atoms with E-state index in [0.717, 1.165) is 42.8 Å². The Morgan fingerprint density at radius 2 is 1.63 bits per heavy atom. The van der Waals surface area contributed by atoms with Crippen molar-refractivity contribution < 1.29 is 14.0 Å². The highest BCUT2D eigenvalue weighted by Crippen LogP contribution is 2.26. The van der Waals surface area contributed by atoms with Crippen molar-refractivity contribution in [3.05, 3.63) is 93.2 Å². The maximum Gasteiger partial charge on any atom is 0.313 e. The van der Waals surface area contributed by atoms with E-state index in [1.807, 2.05) is 36.1 Å². The van der Waals surface area contributed by atoms with E-state index >= 15 is 0 Å². The molecule has 1 unspecified atom stereocenters. The first-order valence-corrected chi connectivity index (χ1v) is 15.0. The van der Waals surface area contributed by atoms with Gasteiger partial charge in [0.05, 0.1) is 5.02 Å². The highest BCUT2D eigenvalue weighted by Gasteiger charge is 2.32. The van der Waals surface area contributed by atoms with E-state index < -0.39 is 17.6 Å². The lowest BCUT2D eigenvalue weighted by Crippen LogP contribution is -2.56. The van der Waals surface area contributed by atoms with Gasteiger partial charge in [0.25, 0.3) is 0 Å². The van der Waals surface area contributed by atoms with Crippen LogP contribution in [0.15, 0.2) is 71.2 Å². The van der Waals surface area contributed by atoms with Crippen LogP contribution in [0, 0.1) is 5.82 Å². The second-order valence-corrected chi connectivity index (χ2v) is 12.0. The van der Waals surface area contributed by atoms with Crippen molar-refractivity contribution in [1.29, 1.82) is 0 Å². The monoisotopic (exact) mass is 641 g/mol. The number of hydrogen-bond donors (Lipinski definition) is 1. The fourth-order valence-electron chi connectivity index (χ4n) is 5.47. The molecule has 0 radical (unpaired) electrons. The lowest BCUT2D eigenvalue weighted by atomic mass is 10.1. The van der Waals surface area contributed by atoms with Crippen LogP contribution in [0.3, 0.4) is 0 Å². The molecule has 10 heteroatoms. The maximum absolute atomic E-state index is 14.0. The fraction of sp³-hybridized carbons (Fsp3) is 0.355. The van der Waals surface area contributed by atoms with E-state index in [0.29, 0.717) is 37.6 Å². The van der Waals surface area contributed by atoms with Crippen molar-refractivity contribution in [3.8, 4) is 0 Å². The molecule has 1 N–H and O–H groups in total. The molecule has 7 nitrogen and oxygen atoms in total. The molecule has 0 aromatic heterocycles. The van der Waals surface area contributed by atoms with Crippen LogP contribution in [0.25, 0.3) is 0 Å². The molecule has 216 valence electrons. The van der Waals surface area contributed by atoms with E-state index in [9.17, 15) is 14.0 Å². The van der Waals surface area contributed by atoms with Gasteiger partial charge in [-0.1, -0.05) is 63.9 Å². The first-order valence-electron chi connectivity index (χ1n) is 13.9. The Hall–Kier alpha value is -2.98. The number of hydrogen-bond acceptors (Lipinski definition) is 5. The van der Waals surface area contributed by atoms with Gasteiger partial charge < -0.3 is 15.1 Å². The van der Waals surface area contributed by atoms with Crippen molar-refractivity contribution in [3.63, 3.8) is 0 Å². The minimum absolute atomic E-state index is 0.0736. The van der Waals surface area contributed by atoms with E-state index in [-0.39, 0.29) is 11.1 Å². The second-order valence-electron chi connectivity index (χ2n) is 10.7. The Labute approximate surface area is 254 Å². The summed E-state index contributed by atoms with van der Waals surface area (Å²) in [7, 11) is 0. The maximum atomic E-state index is 14.0. The predicted octanol–water partition coefficient (Wildman–Crippen LogP) is 5.24. The number of nitrogens with zero attached hydrogens (tertiary/aromatic N) is 4. The van der Waals surface area contributed by atoms with Gasteiger partial charge in [0.1, 0.15) is 5.82 Å². The van der Waals surface area contributed by atoms with Gasteiger partial charge in [-0.05, 0) is 48.4 Å². The highest BCUT2D eigenvalue weighted by atomic mass is 79.9. The average molecular weight is 643 g/mol. The van der Waals surface area contributed by atoms with Crippen LogP contribution in [-0.2, 0) is 22.7 Å². The highest BCUT2D eigenvalue weighted by molar-refractivity contribution is 9.10. The van der Waals surface area contributed by atoms with Crippen LogP contribution in [0.1, 0.15) is 18.1 Å². The van der Waals surface area contributed by atoms with Gasteiger partial charge in [-0.15, -0.1) is 0 Å². The quantitative estimate of drug-likeness (QED) is 0.373. The summed E-state index contributed by atoms with van der Waals surface area (Å²) in [6.07, 6.45) is 0. The molecule has 0 bridgehead atoms. The largest absolute Gasteiger partial charge is 0.368 e. The molecular weight excluding hydrogens is 609 g/mol. The topological polar surface area (TPSA) is 59.1 Å². The van der Waals surface area contributed by atoms with E-state index in [1.165, 1.54) is 17.7 Å². The molecule has 2 aliphatic rings. The summed E-state index contributed by atoms with van der Waals surface area (Å²) in [5.41, 5.74) is 3.62. The van der Waals surface area contributed by atoms with Crippen LogP contribution in [0.5, 0.6) is 0 Å². The molecule has 1 atom stereocenters. The minimum Gasteiger partial charge on any atom is -0.368 e. The predicted molar refractivity (Wildman–Crippen MR) is 165 cm³/mol. The molecule has 0 aliphatic carbocycles. The molecule has 2 aliphatic heterocycles. The van der Waals surface area contributed by atoms with Gasteiger partial charge in [-0.25, -0.2) is 4.39 Å². The third kappa shape index (κ3) is 7.46. The standard InChI is InChI=1S/C31H34BrClFN5O2/c1-22-19-38(26-9-10-27(33)28(34)18-26)15-16-39(22)31(41)30(40)35-29-17-25(32)8-7-24(29)21-37-13-11-36(12-14-37)20-23-5-3-2-4-6-23/h2-10,17-18,22H,11-16,19-21H2,1H3,(H,35,40). The summed E-state index contributed by atoms with van der Waals surface area (Å²) in [5.74, 6) is -1.71. The lowest BCUT2D eigenvalue weighted by molar-refractivity contribution is -0.144. The zero-order chi connectivity index (χ0) is 28.9. The number of nitrogens with one attached hydrogen (secondary N) is 1. The van der Waals surface area contributed by atoms with E-state index in [2.05, 4.69) is 55.3 Å². The van der Waals surface area contributed by atoms with Crippen LogP contribution >= 0.6 is 27.5 Å². The normalized spacial score (nSPS) is 18.4. The Kier molecular flexibility index (Phi) is 9.60. The van der Waals surface area contributed by atoms with E-state index in [4.69, 9.17) is 11.6 Å². The van der Waals surface area contributed by atoms with Crippen molar-refractivity contribution >= 4 is 50.7 Å². The first kappa shape index (κ1) is 29.5. The summed E-state index contributed by atoms with van der Waals surface area (Å²) < 4.78 is 14.8. The van der Waals surface area contributed by atoms with Crippen molar-refractivity contribution in [1.82, 2.24) is 14.7 Å². The molecule has 3 aromatic carbocycles. The zero-order valence-electron chi connectivity index (χ0n) is 23.0. The molecule has 2 fully saturated rings. The summed E-state index contributed by atoms with van der Waals surface area (Å²) in [6, 6.07) is 20.8. The number of halogens is 3. The molecule has 3 aromatic rings. The third-order valence-electron chi connectivity index (χ3n) is 7.78. The zero-order valence-corrected chi connectivity index (χ0v) is 25.4. The van der Waals surface area contributed by atoms with Crippen molar-refractivity contribution in [2.75, 3.05) is 56.0 Å². The number of rotatable bonds is 6. The minimum atomic E-state index is -0.658. The Morgan fingerprint density at radius 3 is 2.32 bits per heavy atom. The molecule has 2 heterocycles. The molecular formula is C31H34BrClFN5O2. The number of benzene rings is 3. The summed E-state index contributed by atoms with van der Waals surface area (Å²) in [4.78, 5) is 34.8. The van der Waals surface area contributed by atoms with E-state index in [1.54, 1.807) is 11.0 Å². The van der Waals surface area contributed by atoms with Crippen LogP contribution < -0.4 is 10.2 Å². The average Bonchev–Trinajstić information content (AvgIpc) is 2.97. The van der Waals surface area contributed by atoms with Gasteiger partial charge in [0.2, 0.25) is 0 Å². The van der Waals surface area contributed by atoms with Crippen molar-refractivity contribution in [2.45, 2.75) is 26.1 Å². The number of carbonyl (C=O) groups excluding carboxylic acids is 2. The Balaban J connectivity index is 1.17. The Bertz CT molecular complexity index is 1390. The number of anilines is 2. The molecule has 5 rings (SSSR count). The van der Waals surface area contributed by atoms with Crippen LogP contribution in [0.2, 0.25) is 5.02 Å². The first-order chi connectivity index (χ1) is 19.8. The molecule has 2 saturated heterocycles. The summed E-state index contributed by atoms with van der Waals surface area (Å²) >= 11 is 9.33. The Morgan fingerprint density at radius 1 is 0.927 bits per heavy atom. The van der Waals surface area contributed by atoms with Gasteiger partial charge in [-0.2, -0.15) is 0 Å². The van der Waals surface area contributed by atoms with Gasteiger partial charge in [-0.3, -0.25) is 19.4 Å². The van der Waals surface area contributed by atoms with Gasteiger partial charge in [0.15, 0.2) is 0 Å². The van der Waals surface area contributed by atoms with Crippen LogP contribution in [-0.4, -0.2) is 78.4 Å². The fourth-order valence-corrected chi connectivity index (χ4v) is 5.95. The second kappa shape index (κ2) is 13.3. The van der Waals surface area contributed by atoms with Gasteiger partial charge in [0, 0.05) is 80.8 Å². The van der Waals surface area contributed by atoms with Crippen LogP contribution in [0.4, 0.5) is 15.8 Å². The smallest absolute Gasteiger partial charge is 0.313 e. The molecule has 41 heavy (non-hydrogen) atoms. The number of carbonyl (C=O) groups is 2. The lowest BCUT2D eigenvalue weighted by Gasteiger charge is -2.40. The molecule has 2 amide bonds. The summed E-state index contributed by atoms with van der Waals surface area (Å²) in [6.45, 7) is 8.64. The number of amides is 2. The molecule has 0 spiro atoms. The SMILES string of the molecule is CC1CN(c2ccc(Cl)c(F)c2)CCN1C(=O)C(=O)Nc1cc(Br)ccc1CN1CCN(Cc2ccccc2)CC1. The summed E-state index contributed by atoms with van der Waals surface area (Å²) in [5, 5.41) is 2.96. The van der Waals surface area contributed by atoms with Crippen molar-refractivity contribution in [2.24, 2.45) is 0 Å². The third-order valence-corrected chi connectivity index (χ3v) is 8.58. The molecule has 0 saturated carbocycles. The number of piperazine rings is 2.